The summed E-state index contributed by atoms with van der Waals surface area (Å²) in [6, 6.07) is 0. The number of esters is 4. The Labute approximate surface area is 168 Å². The van der Waals surface area contributed by atoms with Crippen molar-refractivity contribution in [3.63, 3.8) is 0 Å². The molecular formula is C14H8F12O6. The lowest BCUT2D eigenvalue weighted by Crippen LogP contribution is -2.27. The largest absolute Gasteiger partial charge is 0.422 e. The van der Waals surface area contributed by atoms with Crippen molar-refractivity contribution < 1.29 is 81.3 Å². The van der Waals surface area contributed by atoms with Crippen molar-refractivity contribution in [3.05, 3.63) is 24.3 Å². The van der Waals surface area contributed by atoms with E-state index in [1.807, 2.05) is 0 Å². The summed E-state index contributed by atoms with van der Waals surface area (Å²) in [6.07, 6.45) is -24.4. The van der Waals surface area contributed by atoms with E-state index in [0.717, 1.165) is 0 Å². The molecule has 0 aromatic heterocycles. The maximum Gasteiger partial charge on any atom is 0.422 e. The van der Waals surface area contributed by atoms with E-state index < -0.39 is 72.6 Å². The van der Waals surface area contributed by atoms with Crippen molar-refractivity contribution in [2.45, 2.75) is 37.5 Å². The standard InChI is InChI=1S/C8H4F6O3.C6H4F6O3/c1-3(7(9,10)11)5(15)17-6(16)4(2)8(12,13)14;7-5(8,9)1-3(13)15-4(14)2-6(10,11)12/h1-2H2;1-2H2. The van der Waals surface area contributed by atoms with E-state index in [9.17, 15) is 71.9 Å². The van der Waals surface area contributed by atoms with Gasteiger partial charge >= 0.3 is 48.6 Å². The van der Waals surface area contributed by atoms with Gasteiger partial charge in [0.05, 0.1) is 0 Å². The molecule has 0 saturated carbocycles. The monoisotopic (exact) mass is 500 g/mol. The van der Waals surface area contributed by atoms with Crippen LogP contribution in [0.1, 0.15) is 12.8 Å². The Bertz CT molecular complexity index is 692. The first-order chi connectivity index (χ1) is 13.9. The van der Waals surface area contributed by atoms with Crippen LogP contribution in [0.3, 0.4) is 0 Å². The minimum atomic E-state index is -5.20. The molecule has 0 aliphatic carbocycles. The topological polar surface area (TPSA) is 86.7 Å². The van der Waals surface area contributed by atoms with Gasteiger partial charge in [-0.05, 0) is 0 Å². The Hall–Kier alpha value is -3.08. The van der Waals surface area contributed by atoms with Crippen LogP contribution in [0.15, 0.2) is 24.3 Å². The summed E-state index contributed by atoms with van der Waals surface area (Å²) in [4.78, 5) is 41.6. The number of hydrogen-bond acceptors (Lipinski definition) is 6. The number of rotatable bonds is 4. The first-order valence-electron chi connectivity index (χ1n) is 7.02. The summed E-state index contributed by atoms with van der Waals surface area (Å²) in [5.41, 5.74) is -4.19. The summed E-state index contributed by atoms with van der Waals surface area (Å²) in [6.45, 7) is 4.48. The Kier molecular flexibility index (Phi) is 10.7. The zero-order valence-electron chi connectivity index (χ0n) is 14.8. The molecule has 18 heteroatoms. The molecule has 0 unspecified atom stereocenters. The number of hydrogen-bond donors (Lipinski definition) is 0. The molecule has 0 fully saturated rings. The number of ether oxygens (including phenoxy) is 2. The molecule has 0 aromatic rings. The van der Waals surface area contributed by atoms with Crippen LogP contribution in [0.5, 0.6) is 0 Å². The third kappa shape index (κ3) is 14.8. The average Bonchev–Trinajstić information content (AvgIpc) is 2.47. The SMILES string of the molecule is C=C(C(=O)OC(=O)C(=C)C(F)(F)F)C(F)(F)F.O=C(CC(F)(F)F)OC(=O)CC(F)(F)F. The van der Waals surface area contributed by atoms with Gasteiger partial charge in [0.1, 0.15) is 24.0 Å². The highest BCUT2D eigenvalue weighted by molar-refractivity contribution is 6.02. The second-order valence-electron chi connectivity index (χ2n) is 5.06. The molecule has 0 bridgehead atoms. The number of carbonyl (C=O) groups excluding carboxylic acids is 4. The predicted molar refractivity (Wildman–Crippen MR) is 73.9 cm³/mol. The van der Waals surface area contributed by atoms with Gasteiger partial charge in [0, 0.05) is 0 Å². The number of alkyl halides is 12. The summed E-state index contributed by atoms with van der Waals surface area (Å²) >= 11 is 0. The molecule has 0 saturated heterocycles. The third-order valence-electron chi connectivity index (χ3n) is 2.28. The first kappa shape index (κ1) is 31.1. The molecule has 0 radical (unpaired) electrons. The summed E-state index contributed by atoms with van der Waals surface area (Å²) in [5.74, 6) is -8.74. The van der Waals surface area contributed by atoms with Crippen LogP contribution in [-0.2, 0) is 28.7 Å². The van der Waals surface area contributed by atoms with Crippen molar-refractivity contribution in [2.24, 2.45) is 0 Å². The fourth-order valence-electron chi connectivity index (χ4n) is 0.965. The first-order valence-corrected chi connectivity index (χ1v) is 7.02. The fourth-order valence-corrected chi connectivity index (χ4v) is 0.965. The van der Waals surface area contributed by atoms with Crippen molar-refractivity contribution in [1.82, 2.24) is 0 Å². The van der Waals surface area contributed by atoms with Gasteiger partial charge in [0.15, 0.2) is 0 Å². The van der Waals surface area contributed by atoms with E-state index in [-0.39, 0.29) is 0 Å². The zero-order chi connectivity index (χ0) is 26.3. The lowest BCUT2D eigenvalue weighted by Gasteiger charge is -2.10. The second kappa shape index (κ2) is 11.0. The highest BCUT2D eigenvalue weighted by Crippen LogP contribution is 2.28. The molecule has 6 nitrogen and oxygen atoms in total. The van der Waals surface area contributed by atoms with Crippen LogP contribution in [0, 0.1) is 0 Å². The van der Waals surface area contributed by atoms with E-state index in [2.05, 4.69) is 22.6 Å². The molecule has 0 amide bonds. The summed E-state index contributed by atoms with van der Waals surface area (Å²) in [5, 5.41) is 0. The minimum Gasteiger partial charge on any atom is -0.393 e. The average molecular weight is 500 g/mol. The van der Waals surface area contributed by atoms with Gasteiger partial charge in [-0.1, -0.05) is 13.2 Å². The van der Waals surface area contributed by atoms with E-state index in [1.165, 1.54) is 0 Å². The van der Waals surface area contributed by atoms with Crippen LogP contribution < -0.4 is 0 Å². The zero-order valence-corrected chi connectivity index (χ0v) is 14.8. The van der Waals surface area contributed by atoms with Crippen molar-refractivity contribution in [3.8, 4) is 0 Å². The maximum absolute atomic E-state index is 11.8. The minimum absolute atomic E-state index is 2.06. The molecule has 0 rings (SSSR count). The van der Waals surface area contributed by atoms with Gasteiger partial charge < -0.3 is 9.47 Å². The second-order valence-corrected chi connectivity index (χ2v) is 5.06. The van der Waals surface area contributed by atoms with Crippen molar-refractivity contribution >= 4 is 23.9 Å². The highest BCUT2D eigenvalue weighted by Gasteiger charge is 2.42. The smallest absolute Gasteiger partial charge is 0.393 e. The third-order valence-corrected chi connectivity index (χ3v) is 2.28. The van der Waals surface area contributed by atoms with E-state index in [1.54, 1.807) is 0 Å². The van der Waals surface area contributed by atoms with Gasteiger partial charge in [-0.3, -0.25) is 9.59 Å². The lowest BCUT2D eigenvalue weighted by atomic mass is 10.3. The molecule has 0 atom stereocenters. The summed E-state index contributed by atoms with van der Waals surface area (Å²) in [7, 11) is 0. The van der Waals surface area contributed by atoms with Crippen LogP contribution in [0.25, 0.3) is 0 Å². The van der Waals surface area contributed by atoms with Gasteiger partial charge in [-0.15, -0.1) is 0 Å². The van der Waals surface area contributed by atoms with Gasteiger partial charge in [-0.2, -0.15) is 52.7 Å². The Morgan fingerprint density at radius 2 is 0.781 bits per heavy atom. The molecular weight excluding hydrogens is 492 g/mol. The van der Waals surface area contributed by atoms with Crippen LogP contribution in [-0.4, -0.2) is 48.6 Å². The quantitative estimate of drug-likeness (QED) is 0.248. The highest BCUT2D eigenvalue weighted by atomic mass is 19.4. The lowest BCUT2D eigenvalue weighted by molar-refractivity contribution is -0.185. The van der Waals surface area contributed by atoms with Crippen molar-refractivity contribution in [2.75, 3.05) is 0 Å². The molecule has 0 heterocycles. The molecule has 0 aromatic carbocycles. The van der Waals surface area contributed by atoms with Crippen LogP contribution in [0.4, 0.5) is 52.7 Å². The molecule has 184 valence electrons. The fraction of sp³-hybridized carbons (Fsp3) is 0.429. The number of halogens is 12. The van der Waals surface area contributed by atoms with Gasteiger partial charge in [0.25, 0.3) is 0 Å². The molecule has 0 aliphatic heterocycles. The van der Waals surface area contributed by atoms with Crippen LogP contribution in [0.2, 0.25) is 0 Å². The van der Waals surface area contributed by atoms with Crippen LogP contribution >= 0.6 is 0 Å². The summed E-state index contributed by atoms with van der Waals surface area (Å²) < 4.78 is 146. The van der Waals surface area contributed by atoms with Gasteiger partial charge in [-0.25, -0.2) is 9.59 Å². The van der Waals surface area contributed by atoms with E-state index in [4.69, 9.17) is 0 Å². The van der Waals surface area contributed by atoms with Gasteiger partial charge in [0.2, 0.25) is 0 Å². The predicted octanol–water partition coefficient (Wildman–Crippen LogP) is 4.25. The van der Waals surface area contributed by atoms with Crippen molar-refractivity contribution in [1.29, 1.82) is 0 Å². The molecule has 32 heavy (non-hydrogen) atoms. The normalized spacial score (nSPS) is 12.1. The van der Waals surface area contributed by atoms with E-state index >= 15 is 0 Å². The Balaban J connectivity index is 0. The molecule has 0 aliphatic rings. The Morgan fingerprint density at radius 3 is 0.969 bits per heavy atom. The van der Waals surface area contributed by atoms with E-state index in [0.29, 0.717) is 0 Å². The molecule has 0 N–H and O–H groups in total. The molecule has 0 spiro atoms. The number of carbonyl (C=O) groups is 4. The Morgan fingerprint density at radius 1 is 0.531 bits per heavy atom. The maximum atomic E-state index is 11.8.